The van der Waals surface area contributed by atoms with Gasteiger partial charge >= 0.3 is 0 Å². The Morgan fingerprint density at radius 1 is 1.33 bits per heavy atom. The quantitative estimate of drug-likeness (QED) is 0.770. The molecule has 0 aliphatic carbocycles. The van der Waals surface area contributed by atoms with Crippen molar-refractivity contribution in [3.05, 3.63) is 17.5 Å². The number of rotatable bonds is 2. The molecule has 0 radical (unpaired) electrons. The van der Waals surface area contributed by atoms with Crippen molar-refractivity contribution in [2.45, 2.75) is 32.0 Å². The first-order valence-corrected chi connectivity index (χ1v) is 7.39. The molecule has 1 atom stereocenters. The standard InChI is InChI=1S/C11H18N4O2S/c1-8-6-9(2)14-11(13-8)18(16,17)15-5-4-12-10(3)7-15/h6,10,12H,4-5,7H2,1-3H3/t10-/m1/s1. The summed E-state index contributed by atoms with van der Waals surface area (Å²) in [7, 11) is -3.57. The molecule has 1 aliphatic rings. The van der Waals surface area contributed by atoms with Crippen LogP contribution >= 0.6 is 0 Å². The van der Waals surface area contributed by atoms with Gasteiger partial charge in [0.1, 0.15) is 0 Å². The van der Waals surface area contributed by atoms with E-state index < -0.39 is 10.0 Å². The number of hydrogen-bond acceptors (Lipinski definition) is 5. The van der Waals surface area contributed by atoms with Crippen LogP contribution in [-0.2, 0) is 10.0 Å². The Labute approximate surface area is 107 Å². The monoisotopic (exact) mass is 270 g/mol. The molecule has 0 aromatic carbocycles. The Kier molecular flexibility index (Phi) is 3.65. The summed E-state index contributed by atoms with van der Waals surface area (Å²) in [5.41, 5.74) is 1.34. The minimum Gasteiger partial charge on any atom is -0.312 e. The summed E-state index contributed by atoms with van der Waals surface area (Å²) < 4.78 is 26.3. The molecule has 2 heterocycles. The second kappa shape index (κ2) is 4.91. The number of aryl methyl sites for hydroxylation is 2. The SMILES string of the molecule is Cc1cc(C)nc(S(=O)(=O)N2CCN[C@H](C)C2)n1. The van der Waals surface area contributed by atoms with Crippen LogP contribution in [0.5, 0.6) is 0 Å². The largest absolute Gasteiger partial charge is 0.312 e. The van der Waals surface area contributed by atoms with E-state index in [1.165, 1.54) is 4.31 Å². The lowest BCUT2D eigenvalue weighted by Crippen LogP contribution is -2.51. The van der Waals surface area contributed by atoms with Crippen LogP contribution < -0.4 is 5.32 Å². The van der Waals surface area contributed by atoms with Crippen LogP contribution in [0.4, 0.5) is 0 Å². The van der Waals surface area contributed by atoms with E-state index in [0.29, 0.717) is 31.0 Å². The molecule has 1 aromatic heterocycles. The lowest BCUT2D eigenvalue weighted by atomic mass is 10.3. The summed E-state index contributed by atoms with van der Waals surface area (Å²) in [6.07, 6.45) is 0. The second-order valence-electron chi connectivity index (χ2n) is 4.65. The summed E-state index contributed by atoms with van der Waals surface area (Å²) in [4.78, 5) is 8.09. The molecule has 0 spiro atoms. The van der Waals surface area contributed by atoms with Crippen molar-refractivity contribution in [1.29, 1.82) is 0 Å². The number of nitrogens with zero attached hydrogens (tertiary/aromatic N) is 3. The van der Waals surface area contributed by atoms with E-state index in [4.69, 9.17) is 0 Å². The third kappa shape index (κ3) is 2.68. The molecule has 100 valence electrons. The molecule has 1 aromatic rings. The molecule has 0 bridgehead atoms. The molecule has 6 nitrogen and oxygen atoms in total. The fourth-order valence-corrected chi connectivity index (χ4v) is 3.54. The van der Waals surface area contributed by atoms with Crippen molar-refractivity contribution < 1.29 is 8.42 Å². The molecule has 1 saturated heterocycles. The van der Waals surface area contributed by atoms with Gasteiger partial charge in [0, 0.05) is 37.1 Å². The van der Waals surface area contributed by atoms with Crippen molar-refractivity contribution in [2.75, 3.05) is 19.6 Å². The zero-order valence-corrected chi connectivity index (χ0v) is 11.7. The van der Waals surface area contributed by atoms with Crippen molar-refractivity contribution in [3.63, 3.8) is 0 Å². The van der Waals surface area contributed by atoms with Gasteiger partial charge < -0.3 is 5.32 Å². The van der Waals surface area contributed by atoms with Crippen molar-refractivity contribution in [1.82, 2.24) is 19.6 Å². The highest BCUT2D eigenvalue weighted by Gasteiger charge is 2.30. The normalized spacial score (nSPS) is 22.1. The molecule has 0 saturated carbocycles. The molecule has 2 rings (SSSR count). The number of piperazine rings is 1. The van der Waals surface area contributed by atoms with Gasteiger partial charge in [-0.05, 0) is 26.8 Å². The molecular formula is C11H18N4O2S. The van der Waals surface area contributed by atoms with Gasteiger partial charge in [0.2, 0.25) is 0 Å². The predicted octanol–water partition coefficient (Wildman–Crippen LogP) is 0.0758. The first kappa shape index (κ1) is 13.4. The predicted molar refractivity (Wildman–Crippen MR) is 67.7 cm³/mol. The summed E-state index contributed by atoms with van der Waals surface area (Å²) in [5, 5.41) is 3.12. The average Bonchev–Trinajstić information content (AvgIpc) is 2.27. The second-order valence-corrected chi connectivity index (χ2v) is 6.48. The van der Waals surface area contributed by atoms with Crippen molar-refractivity contribution in [3.8, 4) is 0 Å². The van der Waals surface area contributed by atoms with E-state index in [2.05, 4.69) is 15.3 Å². The van der Waals surface area contributed by atoms with Gasteiger partial charge in [-0.3, -0.25) is 0 Å². The molecule has 0 unspecified atom stereocenters. The van der Waals surface area contributed by atoms with Crippen molar-refractivity contribution in [2.24, 2.45) is 0 Å². The highest BCUT2D eigenvalue weighted by atomic mass is 32.2. The first-order valence-electron chi connectivity index (χ1n) is 5.95. The van der Waals surface area contributed by atoms with E-state index >= 15 is 0 Å². The molecule has 0 amide bonds. The molecule has 7 heteroatoms. The Morgan fingerprint density at radius 3 is 2.50 bits per heavy atom. The van der Waals surface area contributed by atoms with Gasteiger partial charge in [-0.15, -0.1) is 0 Å². The number of hydrogen-bond donors (Lipinski definition) is 1. The summed E-state index contributed by atoms with van der Waals surface area (Å²) >= 11 is 0. The van der Waals surface area contributed by atoms with Crippen LogP contribution in [0, 0.1) is 13.8 Å². The van der Waals surface area contributed by atoms with Crippen molar-refractivity contribution >= 4 is 10.0 Å². The van der Waals surface area contributed by atoms with Gasteiger partial charge in [-0.2, -0.15) is 4.31 Å². The maximum absolute atomic E-state index is 12.4. The highest BCUT2D eigenvalue weighted by Crippen LogP contribution is 2.14. The minimum absolute atomic E-state index is 0.0888. The third-order valence-electron chi connectivity index (χ3n) is 2.86. The zero-order chi connectivity index (χ0) is 13.3. The van der Waals surface area contributed by atoms with Crippen LogP contribution in [0.15, 0.2) is 11.2 Å². The fourth-order valence-electron chi connectivity index (χ4n) is 2.04. The van der Waals surface area contributed by atoms with E-state index in [0.717, 1.165) is 0 Å². The third-order valence-corrected chi connectivity index (χ3v) is 4.52. The molecular weight excluding hydrogens is 252 g/mol. The Morgan fingerprint density at radius 2 is 1.94 bits per heavy atom. The summed E-state index contributed by atoms with van der Waals surface area (Å²) in [5.74, 6) is 0. The Hall–Kier alpha value is -1.05. The van der Waals surface area contributed by atoms with E-state index in [9.17, 15) is 8.42 Å². The van der Waals surface area contributed by atoms with Gasteiger partial charge in [-0.1, -0.05) is 0 Å². The van der Waals surface area contributed by atoms with Gasteiger partial charge in [-0.25, -0.2) is 18.4 Å². The smallest absolute Gasteiger partial charge is 0.278 e. The summed E-state index contributed by atoms with van der Waals surface area (Å²) in [6, 6.07) is 1.92. The van der Waals surface area contributed by atoms with Crippen LogP contribution in [0.3, 0.4) is 0 Å². The summed E-state index contributed by atoms with van der Waals surface area (Å²) in [6.45, 7) is 7.08. The molecule has 1 aliphatic heterocycles. The minimum atomic E-state index is -3.57. The van der Waals surface area contributed by atoms with Crippen LogP contribution in [0.25, 0.3) is 0 Å². The molecule has 1 N–H and O–H groups in total. The maximum Gasteiger partial charge on any atom is 0.278 e. The molecule has 18 heavy (non-hydrogen) atoms. The highest BCUT2D eigenvalue weighted by molar-refractivity contribution is 7.88. The van der Waals surface area contributed by atoms with Crippen LogP contribution in [0.2, 0.25) is 0 Å². The number of sulfonamides is 1. The first-order chi connectivity index (χ1) is 8.39. The van der Waals surface area contributed by atoms with E-state index in [-0.39, 0.29) is 11.2 Å². The van der Waals surface area contributed by atoms with Crippen LogP contribution in [-0.4, -0.2) is 48.4 Å². The average molecular weight is 270 g/mol. The maximum atomic E-state index is 12.4. The van der Waals surface area contributed by atoms with E-state index in [1.807, 2.05) is 6.92 Å². The lowest BCUT2D eigenvalue weighted by molar-refractivity contribution is 0.308. The Balaban J connectivity index is 2.35. The van der Waals surface area contributed by atoms with Gasteiger partial charge in [0.15, 0.2) is 0 Å². The van der Waals surface area contributed by atoms with E-state index in [1.54, 1.807) is 19.9 Å². The zero-order valence-electron chi connectivity index (χ0n) is 10.8. The lowest BCUT2D eigenvalue weighted by Gasteiger charge is -2.30. The number of nitrogens with one attached hydrogen (secondary N) is 1. The number of aromatic nitrogens is 2. The Bertz CT molecular complexity index is 524. The van der Waals surface area contributed by atoms with Crippen LogP contribution in [0.1, 0.15) is 18.3 Å². The fraction of sp³-hybridized carbons (Fsp3) is 0.636. The molecule has 1 fully saturated rings. The topological polar surface area (TPSA) is 75.2 Å². The van der Waals surface area contributed by atoms with Gasteiger partial charge in [0.25, 0.3) is 15.2 Å². The van der Waals surface area contributed by atoms with Gasteiger partial charge in [0.05, 0.1) is 0 Å².